The van der Waals surface area contributed by atoms with Gasteiger partial charge in [-0.3, -0.25) is 4.90 Å². The van der Waals surface area contributed by atoms with E-state index in [1.165, 1.54) is 6.07 Å². The van der Waals surface area contributed by atoms with E-state index >= 15 is 0 Å². The zero-order valence-corrected chi connectivity index (χ0v) is 13.1. The maximum Gasteiger partial charge on any atom is 0.123 e. The fraction of sp³-hybridized carbons (Fsp3) is 0.647. The summed E-state index contributed by atoms with van der Waals surface area (Å²) in [5, 5.41) is 3.67. The molecule has 2 nitrogen and oxygen atoms in total. The van der Waals surface area contributed by atoms with Crippen LogP contribution in [0.3, 0.4) is 0 Å². The highest BCUT2D eigenvalue weighted by Gasteiger charge is 2.36. The number of nitrogens with one attached hydrogen (secondary N) is 1. The number of halogens is 1. The maximum absolute atomic E-state index is 13.4. The monoisotopic (exact) mass is 278 g/mol. The molecule has 1 fully saturated rings. The number of hydrogen-bond donors (Lipinski definition) is 1. The first kappa shape index (κ1) is 15.5. The molecule has 1 aliphatic rings. The molecule has 2 atom stereocenters. The molecule has 0 spiro atoms. The van der Waals surface area contributed by atoms with E-state index in [-0.39, 0.29) is 11.4 Å². The maximum atomic E-state index is 13.4. The summed E-state index contributed by atoms with van der Waals surface area (Å²) in [5.41, 5.74) is 1.21. The van der Waals surface area contributed by atoms with Crippen molar-refractivity contribution in [3.05, 3.63) is 35.6 Å². The Morgan fingerprint density at radius 1 is 1.45 bits per heavy atom. The van der Waals surface area contributed by atoms with E-state index in [4.69, 9.17) is 0 Å². The van der Waals surface area contributed by atoms with Gasteiger partial charge in [-0.15, -0.1) is 0 Å². The van der Waals surface area contributed by atoms with Crippen LogP contribution in [0.25, 0.3) is 0 Å². The molecule has 0 aromatic heterocycles. The van der Waals surface area contributed by atoms with Crippen molar-refractivity contribution in [2.45, 2.75) is 52.2 Å². The third-order valence-corrected chi connectivity index (χ3v) is 4.75. The Hall–Kier alpha value is -0.930. The minimum absolute atomic E-state index is 0.142. The van der Waals surface area contributed by atoms with Gasteiger partial charge in [-0.25, -0.2) is 4.39 Å². The first-order chi connectivity index (χ1) is 9.44. The molecular weight excluding hydrogens is 251 g/mol. The van der Waals surface area contributed by atoms with E-state index < -0.39 is 0 Å². The zero-order chi connectivity index (χ0) is 14.8. The van der Waals surface area contributed by atoms with Gasteiger partial charge in [0, 0.05) is 31.2 Å². The molecule has 1 aromatic rings. The smallest absolute Gasteiger partial charge is 0.123 e. The summed E-state index contributed by atoms with van der Waals surface area (Å²) in [6.45, 7) is 11.9. The van der Waals surface area contributed by atoms with Crippen molar-refractivity contribution >= 4 is 0 Å². The highest BCUT2D eigenvalue weighted by Crippen LogP contribution is 2.26. The van der Waals surface area contributed by atoms with Crippen LogP contribution in [0.1, 0.15) is 39.7 Å². The van der Waals surface area contributed by atoms with E-state index in [2.05, 4.69) is 37.9 Å². The van der Waals surface area contributed by atoms with E-state index in [0.29, 0.717) is 12.0 Å². The Morgan fingerprint density at radius 2 is 2.20 bits per heavy atom. The quantitative estimate of drug-likeness (QED) is 0.908. The number of piperazine rings is 1. The predicted octanol–water partition coefficient (Wildman–Crippen LogP) is 3.42. The zero-order valence-electron chi connectivity index (χ0n) is 13.1. The molecule has 1 aliphatic heterocycles. The van der Waals surface area contributed by atoms with Gasteiger partial charge in [0.05, 0.1) is 0 Å². The van der Waals surface area contributed by atoms with Crippen LogP contribution in [0.15, 0.2) is 24.3 Å². The van der Waals surface area contributed by atoms with Gasteiger partial charge in [0.15, 0.2) is 0 Å². The number of hydrogen-bond acceptors (Lipinski definition) is 2. The van der Waals surface area contributed by atoms with E-state index in [9.17, 15) is 4.39 Å². The van der Waals surface area contributed by atoms with Crippen molar-refractivity contribution < 1.29 is 4.39 Å². The first-order valence-electron chi connectivity index (χ1n) is 7.67. The van der Waals surface area contributed by atoms with Crippen LogP contribution in [-0.4, -0.2) is 29.6 Å². The number of nitrogens with zero attached hydrogens (tertiary/aromatic N) is 1. The van der Waals surface area contributed by atoms with Crippen LogP contribution >= 0.6 is 0 Å². The molecular formula is C17H27FN2. The molecule has 0 radical (unpaired) electrons. The van der Waals surface area contributed by atoms with Gasteiger partial charge in [-0.05, 0) is 37.0 Å². The van der Waals surface area contributed by atoms with Crippen molar-refractivity contribution in [3.63, 3.8) is 0 Å². The van der Waals surface area contributed by atoms with Gasteiger partial charge in [0.2, 0.25) is 0 Å². The van der Waals surface area contributed by atoms with Crippen molar-refractivity contribution in [2.75, 3.05) is 13.1 Å². The van der Waals surface area contributed by atoms with Crippen LogP contribution in [0.4, 0.5) is 4.39 Å². The molecule has 3 heteroatoms. The lowest BCUT2D eigenvalue weighted by Crippen LogP contribution is -2.63. The largest absolute Gasteiger partial charge is 0.311 e. The second-order valence-electron chi connectivity index (χ2n) is 6.59. The molecule has 20 heavy (non-hydrogen) atoms. The fourth-order valence-corrected chi connectivity index (χ4v) is 2.89. The van der Waals surface area contributed by atoms with E-state index in [0.717, 1.165) is 31.6 Å². The molecule has 1 N–H and O–H groups in total. The molecule has 1 saturated heterocycles. The molecule has 2 unspecified atom stereocenters. The van der Waals surface area contributed by atoms with Gasteiger partial charge in [0.1, 0.15) is 5.82 Å². The highest BCUT2D eigenvalue weighted by atomic mass is 19.1. The summed E-state index contributed by atoms with van der Waals surface area (Å²) >= 11 is 0. The van der Waals surface area contributed by atoms with Gasteiger partial charge in [0.25, 0.3) is 0 Å². The summed E-state index contributed by atoms with van der Waals surface area (Å²) < 4.78 is 13.4. The van der Waals surface area contributed by atoms with Crippen molar-refractivity contribution in [1.29, 1.82) is 0 Å². The van der Waals surface area contributed by atoms with Crippen LogP contribution < -0.4 is 5.32 Å². The molecule has 0 saturated carbocycles. The Labute approximate surface area is 122 Å². The second-order valence-corrected chi connectivity index (χ2v) is 6.59. The lowest BCUT2D eigenvalue weighted by Gasteiger charge is -2.49. The Bertz CT molecular complexity index is 446. The topological polar surface area (TPSA) is 15.3 Å². The van der Waals surface area contributed by atoms with E-state index in [1.54, 1.807) is 12.1 Å². The summed E-state index contributed by atoms with van der Waals surface area (Å²) in [4.78, 5) is 2.52. The summed E-state index contributed by atoms with van der Waals surface area (Å²) in [5.74, 6) is 0.475. The van der Waals surface area contributed by atoms with Crippen molar-refractivity contribution in [1.82, 2.24) is 10.2 Å². The predicted molar refractivity (Wildman–Crippen MR) is 82.1 cm³/mol. The Balaban J connectivity index is 2.15. The third-order valence-electron chi connectivity index (χ3n) is 4.75. The molecule has 0 bridgehead atoms. The SMILES string of the molecule is CCC1(C)CNC(C(C)C)CN1Cc1cccc(F)c1. The van der Waals surface area contributed by atoms with Gasteiger partial charge < -0.3 is 5.32 Å². The standard InChI is InChI=1S/C17H27FN2/c1-5-17(4)12-19-16(13(2)3)11-20(17)10-14-7-6-8-15(18)9-14/h6-9,13,16,19H,5,10-12H2,1-4H3. The summed E-state index contributed by atoms with van der Waals surface area (Å²) in [6.07, 6.45) is 1.10. The van der Waals surface area contributed by atoms with Gasteiger partial charge in [-0.2, -0.15) is 0 Å². The van der Waals surface area contributed by atoms with Crippen LogP contribution in [-0.2, 0) is 6.54 Å². The molecule has 2 rings (SSSR count). The molecule has 1 heterocycles. The molecule has 1 aromatic carbocycles. The first-order valence-corrected chi connectivity index (χ1v) is 7.67. The fourth-order valence-electron chi connectivity index (χ4n) is 2.89. The van der Waals surface area contributed by atoms with E-state index in [1.807, 2.05) is 6.07 Å². The third kappa shape index (κ3) is 3.39. The van der Waals surface area contributed by atoms with Crippen LogP contribution in [0.2, 0.25) is 0 Å². The minimum Gasteiger partial charge on any atom is -0.311 e. The highest BCUT2D eigenvalue weighted by molar-refractivity contribution is 5.17. The lowest BCUT2D eigenvalue weighted by molar-refractivity contribution is 0.0316. The second kappa shape index (κ2) is 6.23. The molecule has 112 valence electrons. The van der Waals surface area contributed by atoms with Crippen molar-refractivity contribution in [3.8, 4) is 0 Å². The van der Waals surface area contributed by atoms with Crippen molar-refractivity contribution in [2.24, 2.45) is 5.92 Å². The summed E-state index contributed by atoms with van der Waals surface area (Å²) in [7, 11) is 0. The Kier molecular flexibility index (Phi) is 4.82. The average Bonchev–Trinajstić information content (AvgIpc) is 2.41. The van der Waals surface area contributed by atoms with Gasteiger partial charge >= 0.3 is 0 Å². The average molecular weight is 278 g/mol. The lowest BCUT2D eigenvalue weighted by atomic mass is 9.89. The number of rotatable bonds is 4. The Morgan fingerprint density at radius 3 is 2.80 bits per heavy atom. The number of benzene rings is 1. The normalized spacial score (nSPS) is 28.0. The van der Waals surface area contributed by atoms with Gasteiger partial charge in [-0.1, -0.05) is 32.9 Å². The van der Waals surface area contributed by atoms with Crippen LogP contribution in [0.5, 0.6) is 0 Å². The summed E-state index contributed by atoms with van der Waals surface area (Å²) in [6, 6.07) is 7.50. The molecule has 0 amide bonds. The molecule has 0 aliphatic carbocycles. The minimum atomic E-state index is -0.142. The van der Waals surface area contributed by atoms with Crippen LogP contribution in [0, 0.1) is 11.7 Å².